The van der Waals surface area contributed by atoms with Gasteiger partial charge in [0.1, 0.15) is 5.82 Å². The van der Waals surface area contributed by atoms with Gasteiger partial charge in [0, 0.05) is 54.3 Å². The first-order valence-electron chi connectivity index (χ1n) is 4.09. The lowest BCUT2D eigenvalue weighted by Gasteiger charge is -2.01. The van der Waals surface area contributed by atoms with Gasteiger partial charge in [0.25, 0.3) is 5.91 Å². The molecule has 0 spiro atoms. The second-order valence-electron chi connectivity index (χ2n) is 2.68. The second-order valence-corrected chi connectivity index (χ2v) is 3.08. The predicted octanol–water partition coefficient (Wildman–Crippen LogP) is 0.435. The Hall–Kier alpha value is -1.28. The summed E-state index contributed by atoms with van der Waals surface area (Å²) in [5, 5.41) is 2.65. The fraction of sp³-hybridized carbons (Fsp3) is 0.333. The van der Waals surface area contributed by atoms with Crippen molar-refractivity contribution in [3.63, 3.8) is 0 Å². The minimum atomic E-state index is -0.281. The summed E-state index contributed by atoms with van der Waals surface area (Å²) < 4.78 is 1.92. The molecule has 1 aromatic heterocycles. The number of nitrogens with one attached hydrogen (secondary N) is 1. The Labute approximate surface area is 90.8 Å². The summed E-state index contributed by atoms with van der Waals surface area (Å²) in [7, 11) is 1.92. The topological polar surface area (TPSA) is 46.9 Å². The van der Waals surface area contributed by atoms with E-state index in [1.54, 1.807) is 6.20 Å². The van der Waals surface area contributed by atoms with E-state index in [0.29, 0.717) is 13.0 Å². The van der Waals surface area contributed by atoms with Gasteiger partial charge in [0.15, 0.2) is 0 Å². The van der Waals surface area contributed by atoms with Crippen molar-refractivity contribution in [3.8, 4) is 10.8 Å². The Morgan fingerprint density at radius 3 is 3.14 bits per heavy atom. The molecule has 1 amide bonds. The minimum Gasteiger partial charge on any atom is -0.345 e. The Balaban J connectivity index is 2.31. The first-order chi connectivity index (χ1) is 6.74. The van der Waals surface area contributed by atoms with Crippen molar-refractivity contribution >= 4 is 21.8 Å². The van der Waals surface area contributed by atoms with Crippen LogP contribution in [-0.2, 0) is 18.3 Å². The maximum absolute atomic E-state index is 10.9. The highest BCUT2D eigenvalue weighted by atomic mass is 79.9. The molecule has 4 nitrogen and oxygen atoms in total. The fourth-order valence-corrected chi connectivity index (χ4v) is 1.19. The number of amides is 1. The first-order valence-corrected chi connectivity index (χ1v) is 4.89. The van der Waals surface area contributed by atoms with Gasteiger partial charge in [-0.15, -0.1) is 0 Å². The second kappa shape index (κ2) is 5.45. The zero-order chi connectivity index (χ0) is 10.4. The standard InChI is InChI=1S/C9H10BrN3O/c1-13-7-6-11-8(13)3-5-12-9(14)2-4-10/h6-7H,3,5H2,1H3,(H,12,14). The first kappa shape index (κ1) is 10.8. The van der Waals surface area contributed by atoms with E-state index >= 15 is 0 Å². The van der Waals surface area contributed by atoms with E-state index in [-0.39, 0.29) is 5.91 Å². The van der Waals surface area contributed by atoms with Gasteiger partial charge >= 0.3 is 0 Å². The molecule has 0 saturated carbocycles. The summed E-state index contributed by atoms with van der Waals surface area (Å²) in [6.07, 6.45) is 4.31. The van der Waals surface area contributed by atoms with Gasteiger partial charge in [-0.05, 0) is 4.83 Å². The van der Waals surface area contributed by atoms with Crippen LogP contribution in [0.25, 0.3) is 0 Å². The van der Waals surface area contributed by atoms with Crippen molar-refractivity contribution in [3.05, 3.63) is 18.2 Å². The number of hydrogen-bond acceptors (Lipinski definition) is 2. The highest BCUT2D eigenvalue weighted by Gasteiger charge is 1.99. The molecule has 0 aliphatic rings. The number of rotatable bonds is 3. The molecule has 0 radical (unpaired) electrons. The van der Waals surface area contributed by atoms with Gasteiger partial charge in [0.05, 0.1) is 0 Å². The number of nitrogens with zero attached hydrogens (tertiary/aromatic N) is 2. The number of carbonyl (C=O) groups excluding carboxylic acids is 1. The molecule has 0 aliphatic carbocycles. The lowest BCUT2D eigenvalue weighted by Crippen LogP contribution is -2.24. The molecule has 0 atom stereocenters. The van der Waals surface area contributed by atoms with Crippen LogP contribution in [0.1, 0.15) is 5.82 Å². The molecule has 74 valence electrons. The fourth-order valence-electron chi connectivity index (χ4n) is 1.01. The maximum Gasteiger partial charge on any atom is 0.296 e. The van der Waals surface area contributed by atoms with Crippen LogP contribution in [0.15, 0.2) is 12.4 Å². The zero-order valence-corrected chi connectivity index (χ0v) is 9.34. The molecule has 1 N–H and O–H groups in total. The predicted molar refractivity (Wildman–Crippen MR) is 56.6 cm³/mol. The van der Waals surface area contributed by atoms with Crippen LogP contribution in [0.4, 0.5) is 0 Å². The summed E-state index contributed by atoms with van der Waals surface area (Å²) in [4.78, 5) is 17.4. The van der Waals surface area contributed by atoms with Crippen molar-refractivity contribution in [2.24, 2.45) is 7.05 Å². The van der Waals surface area contributed by atoms with Crippen LogP contribution < -0.4 is 5.32 Å². The molecule has 1 heterocycles. The van der Waals surface area contributed by atoms with Crippen LogP contribution >= 0.6 is 15.9 Å². The summed E-state index contributed by atoms with van der Waals surface area (Å²) in [5.74, 6) is 2.99. The molecule has 1 rings (SSSR count). The quantitative estimate of drug-likeness (QED) is 0.797. The summed E-state index contributed by atoms with van der Waals surface area (Å²) >= 11 is 2.85. The van der Waals surface area contributed by atoms with Crippen molar-refractivity contribution < 1.29 is 4.79 Å². The largest absolute Gasteiger partial charge is 0.345 e. The Morgan fingerprint density at radius 2 is 2.57 bits per heavy atom. The normalized spacial score (nSPS) is 9.00. The number of hydrogen-bond donors (Lipinski definition) is 1. The molecular formula is C9H10BrN3O. The van der Waals surface area contributed by atoms with Crippen molar-refractivity contribution in [2.75, 3.05) is 6.54 Å². The van der Waals surface area contributed by atoms with E-state index in [1.807, 2.05) is 17.8 Å². The summed E-state index contributed by atoms with van der Waals surface area (Å²) in [5.41, 5.74) is 0. The van der Waals surface area contributed by atoms with E-state index in [2.05, 4.69) is 37.0 Å². The number of carbonyl (C=O) groups is 1. The van der Waals surface area contributed by atoms with E-state index in [0.717, 1.165) is 5.82 Å². The maximum atomic E-state index is 10.9. The highest BCUT2D eigenvalue weighted by Crippen LogP contribution is 1.93. The SMILES string of the molecule is Cn1ccnc1CCNC(=O)C#CBr. The minimum absolute atomic E-state index is 0.281. The molecule has 14 heavy (non-hydrogen) atoms. The van der Waals surface area contributed by atoms with Crippen molar-refractivity contribution in [1.82, 2.24) is 14.9 Å². The Morgan fingerprint density at radius 1 is 1.79 bits per heavy atom. The summed E-state index contributed by atoms with van der Waals surface area (Å²) in [6.45, 7) is 0.547. The molecule has 0 aliphatic heterocycles. The third-order valence-corrected chi connectivity index (χ3v) is 1.91. The number of aryl methyl sites for hydroxylation is 1. The van der Waals surface area contributed by atoms with Gasteiger partial charge in [-0.25, -0.2) is 4.98 Å². The Kier molecular flexibility index (Phi) is 4.20. The Bertz CT molecular complexity index is 375. The highest BCUT2D eigenvalue weighted by molar-refractivity contribution is 9.12. The third-order valence-electron chi connectivity index (χ3n) is 1.72. The number of imidazole rings is 1. The van der Waals surface area contributed by atoms with E-state index in [1.165, 1.54) is 0 Å². The molecular weight excluding hydrogens is 246 g/mol. The zero-order valence-electron chi connectivity index (χ0n) is 7.75. The lowest BCUT2D eigenvalue weighted by molar-refractivity contribution is -0.115. The van der Waals surface area contributed by atoms with Gasteiger partial charge in [0.2, 0.25) is 0 Å². The van der Waals surface area contributed by atoms with Crippen molar-refractivity contribution in [1.29, 1.82) is 0 Å². The molecule has 0 aromatic carbocycles. The average molecular weight is 256 g/mol. The molecule has 0 saturated heterocycles. The summed E-state index contributed by atoms with van der Waals surface area (Å²) in [6, 6.07) is 0. The molecule has 0 unspecified atom stereocenters. The van der Waals surface area contributed by atoms with E-state index < -0.39 is 0 Å². The molecule has 1 aromatic rings. The third kappa shape index (κ3) is 3.23. The van der Waals surface area contributed by atoms with Gasteiger partial charge in [-0.2, -0.15) is 0 Å². The van der Waals surface area contributed by atoms with Crippen LogP contribution in [0.5, 0.6) is 0 Å². The van der Waals surface area contributed by atoms with Gasteiger partial charge in [-0.3, -0.25) is 4.79 Å². The van der Waals surface area contributed by atoms with Crippen LogP contribution in [0.3, 0.4) is 0 Å². The van der Waals surface area contributed by atoms with Gasteiger partial charge < -0.3 is 9.88 Å². The van der Waals surface area contributed by atoms with E-state index in [4.69, 9.17) is 0 Å². The molecule has 5 heteroatoms. The van der Waals surface area contributed by atoms with Crippen LogP contribution in [0, 0.1) is 10.8 Å². The lowest BCUT2D eigenvalue weighted by atomic mass is 10.4. The van der Waals surface area contributed by atoms with Crippen molar-refractivity contribution in [2.45, 2.75) is 6.42 Å². The molecule has 0 bridgehead atoms. The van der Waals surface area contributed by atoms with Crippen LogP contribution in [0.2, 0.25) is 0 Å². The smallest absolute Gasteiger partial charge is 0.296 e. The monoisotopic (exact) mass is 255 g/mol. The van der Waals surface area contributed by atoms with Crippen LogP contribution in [-0.4, -0.2) is 22.0 Å². The average Bonchev–Trinajstić information content (AvgIpc) is 2.52. The number of aromatic nitrogens is 2. The van der Waals surface area contributed by atoms with E-state index in [9.17, 15) is 4.79 Å². The molecule has 0 fully saturated rings. The van der Waals surface area contributed by atoms with Gasteiger partial charge in [-0.1, -0.05) is 0 Å². The number of halogens is 1.